The van der Waals surface area contributed by atoms with Crippen LogP contribution < -0.4 is 5.32 Å². The predicted molar refractivity (Wildman–Crippen MR) is 107 cm³/mol. The molecule has 4 rings (SSSR count). The summed E-state index contributed by atoms with van der Waals surface area (Å²) in [5, 5.41) is 17.3. The molecule has 0 saturated heterocycles. The Morgan fingerprint density at radius 3 is 2.52 bits per heavy atom. The maximum absolute atomic E-state index is 13.2. The van der Waals surface area contributed by atoms with Gasteiger partial charge in [0.2, 0.25) is 0 Å². The first-order valence-corrected chi connectivity index (χ1v) is 9.73. The van der Waals surface area contributed by atoms with Gasteiger partial charge in [-0.05, 0) is 59.1 Å². The van der Waals surface area contributed by atoms with Gasteiger partial charge < -0.3 is 14.8 Å². The number of aliphatic carboxylic acids is 1. The average Bonchev–Trinajstić information content (AvgIpc) is 3.19. The zero-order chi connectivity index (χ0) is 20.9. The second-order valence-electron chi connectivity index (χ2n) is 8.00. The van der Waals surface area contributed by atoms with Crippen molar-refractivity contribution in [1.82, 2.24) is 20.1 Å². The van der Waals surface area contributed by atoms with E-state index >= 15 is 0 Å². The van der Waals surface area contributed by atoms with Gasteiger partial charge in [-0.1, -0.05) is 0 Å². The van der Waals surface area contributed by atoms with Crippen molar-refractivity contribution in [1.29, 1.82) is 0 Å². The molecule has 8 heteroatoms. The van der Waals surface area contributed by atoms with Crippen LogP contribution in [0.15, 0.2) is 22.7 Å². The number of nitrogens with zero attached hydrogens (tertiary/aromatic N) is 3. The summed E-state index contributed by atoms with van der Waals surface area (Å²) in [6.07, 6.45) is 3.26. The standard InChI is InChI=1S/C21H24N4O4/c1-11(2)25-18-16(10-22-25)15(19(26)24-21(20(27)28)6-5-7-21)9-17(23-18)14-8-12(3)29-13(14)4/h8-11H,5-7H2,1-4H3,(H,24,26)(H,27,28). The lowest BCUT2D eigenvalue weighted by atomic mass is 9.76. The van der Waals surface area contributed by atoms with Crippen LogP contribution in [0.1, 0.15) is 61.0 Å². The number of carboxylic acid groups (broad SMARTS) is 1. The highest BCUT2D eigenvalue weighted by Crippen LogP contribution is 2.34. The number of hydrogen-bond donors (Lipinski definition) is 2. The minimum Gasteiger partial charge on any atom is -0.480 e. The molecule has 8 nitrogen and oxygen atoms in total. The first-order valence-electron chi connectivity index (χ1n) is 9.73. The Balaban J connectivity index is 1.87. The fourth-order valence-corrected chi connectivity index (χ4v) is 3.81. The number of carbonyl (C=O) groups is 2. The predicted octanol–water partition coefficient (Wildman–Crippen LogP) is 3.63. The SMILES string of the molecule is Cc1cc(-c2cc(C(=O)NC3(C(=O)O)CCC3)c3cnn(C(C)C)c3n2)c(C)o1. The topological polar surface area (TPSA) is 110 Å². The van der Waals surface area contributed by atoms with Crippen molar-refractivity contribution in [3.05, 3.63) is 35.4 Å². The van der Waals surface area contributed by atoms with Gasteiger partial charge in [0.15, 0.2) is 5.65 Å². The molecule has 1 fully saturated rings. The summed E-state index contributed by atoms with van der Waals surface area (Å²) in [6.45, 7) is 7.68. The molecule has 1 aliphatic carbocycles. The number of aromatic nitrogens is 3. The summed E-state index contributed by atoms with van der Waals surface area (Å²) in [5.41, 5.74) is 1.15. The van der Waals surface area contributed by atoms with Crippen molar-refractivity contribution in [2.24, 2.45) is 0 Å². The number of hydrogen-bond acceptors (Lipinski definition) is 5. The lowest BCUT2D eigenvalue weighted by molar-refractivity contribution is -0.148. The summed E-state index contributed by atoms with van der Waals surface area (Å²) >= 11 is 0. The molecule has 0 atom stereocenters. The van der Waals surface area contributed by atoms with E-state index in [1.165, 1.54) is 0 Å². The van der Waals surface area contributed by atoms with Crippen LogP contribution in [-0.2, 0) is 4.79 Å². The Morgan fingerprint density at radius 2 is 2.00 bits per heavy atom. The minimum absolute atomic E-state index is 0.0512. The van der Waals surface area contributed by atoms with Crippen LogP contribution in [0.2, 0.25) is 0 Å². The maximum atomic E-state index is 13.2. The molecule has 0 aromatic carbocycles. The summed E-state index contributed by atoms with van der Waals surface area (Å²) in [5.74, 6) is 0.0307. The van der Waals surface area contributed by atoms with Crippen molar-refractivity contribution in [3.8, 4) is 11.3 Å². The first kappa shape index (κ1) is 19.2. The van der Waals surface area contributed by atoms with Gasteiger partial charge in [-0.15, -0.1) is 0 Å². The van der Waals surface area contributed by atoms with E-state index < -0.39 is 17.4 Å². The molecular formula is C21H24N4O4. The Morgan fingerprint density at radius 1 is 1.28 bits per heavy atom. The van der Waals surface area contributed by atoms with Gasteiger partial charge in [-0.25, -0.2) is 14.5 Å². The third kappa shape index (κ3) is 3.08. The lowest BCUT2D eigenvalue weighted by Crippen LogP contribution is -2.59. The molecule has 0 radical (unpaired) electrons. The molecule has 29 heavy (non-hydrogen) atoms. The van der Waals surface area contributed by atoms with E-state index in [9.17, 15) is 14.7 Å². The van der Waals surface area contributed by atoms with Gasteiger partial charge in [-0.3, -0.25) is 4.79 Å². The molecular weight excluding hydrogens is 372 g/mol. The monoisotopic (exact) mass is 396 g/mol. The second kappa shape index (κ2) is 6.72. The normalized spacial score (nSPS) is 15.5. The lowest BCUT2D eigenvalue weighted by Gasteiger charge is -2.38. The molecule has 1 amide bonds. The van der Waals surface area contributed by atoms with E-state index in [2.05, 4.69) is 10.4 Å². The van der Waals surface area contributed by atoms with E-state index in [1.54, 1.807) is 16.9 Å². The van der Waals surface area contributed by atoms with Crippen molar-refractivity contribution in [2.45, 2.75) is 58.5 Å². The van der Waals surface area contributed by atoms with E-state index in [1.807, 2.05) is 33.8 Å². The third-order valence-corrected chi connectivity index (χ3v) is 5.59. The fourth-order valence-electron chi connectivity index (χ4n) is 3.81. The number of fused-ring (bicyclic) bond motifs is 1. The largest absolute Gasteiger partial charge is 0.480 e. The highest BCUT2D eigenvalue weighted by Gasteiger charge is 2.46. The van der Waals surface area contributed by atoms with Crippen LogP contribution in [0, 0.1) is 13.8 Å². The van der Waals surface area contributed by atoms with Gasteiger partial charge >= 0.3 is 5.97 Å². The maximum Gasteiger partial charge on any atom is 0.329 e. The zero-order valence-corrected chi connectivity index (χ0v) is 16.9. The average molecular weight is 396 g/mol. The quantitative estimate of drug-likeness (QED) is 0.681. The van der Waals surface area contributed by atoms with Crippen LogP contribution in [0.3, 0.4) is 0 Å². The summed E-state index contributed by atoms with van der Waals surface area (Å²) < 4.78 is 7.40. The van der Waals surface area contributed by atoms with Gasteiger partial charge in [0.25, 0.3) is 5.91 Å². The van der Waals surface area contributed by atoms with Gasteiger partial charge in [0.1, 0.15) is 17.1 Å². The Bertz CT molecular complexity index is 1120. The fraction of sp³-hybridized carbons (Fsp3) is 0.429. The van der Waals surface area contributed by atoms with Crippen LogP contribution in [0.25, 0.3) is 22.3 Å². The molecule has 2 N–H and O–H groups in total. The van der Waals surface area contributed by atoms with E-state index in [4.69, 9.17) is 9.40 Å². The van der Waals surface area contributed by atoms with Crippen molar-refractivity contribution in [3.63, 3.8) is 0 Å². The number of nitrogens with one attached hydrogen (secondary N) is 1. The van der Waals surface area contributed by atoms with E-state index in [0.29, 0.717) is 40.9 Å². The van der Waals surface area contributed by atoms with Crippen LogP contribution >= 0.6 is 0 Å². The molecule has 3 aromatic heterocycles. The smallest absolute Gasteiger partial charge is 0.329 e. The molecule has 0 aliphatic heterocycles. The summed E-state index contributed by atoms with van der Waals surface area (Å²) in [6, 6.07) is 3.62. The number of amides is 1. The molecule has 0 spiro atoms. The van der Waals surface area contributed by atoms with Crippen LogP contribution in [0.4, 0.5) is 0 Å². The first-order chi connectivity index (χ1) is 13.7. The highest BCUT2D eigenvalue weighted by molar-refractivity contribution is 6.08. The van der Waals surface area contributed by atoms with Crippen molar-refractivity contribution >= 4 is 22.9 Å². The Hall–Kier alpha value is -3.16. The Kier molecular flexibility index (Phi) is 4.44. The molecule has 3 aromatic rings. The molecule has 3 heterocycles. The second-order valence-corrected chi connectivity index (χ2v) is 8.00. The number of carbonyl (C=O) groups excluding carboxylic acids is 1. The van der Waals surface area contributed by atoms with Gasteiger partial charge in [-0.2, -0.15) is 5.10 Å². The third-order valence-electron chi connectivity index (χ3n) is 5.59. The minimum atomic E-state index is -1.19. The summed E-state index contributed by atoms with van der Waals surface area (Å²) in [7, 11) is 0. The number of furan rings is 1. The number of rotatable bonds is 5. The zero-order valence-electron chi connectivity index (χ0n) is 16.9. The number of aryl methyl sites for hydroxylation is 2. The van der Waals surface area contributed by atoms with Crippen molar-refractivity contribution in [2.75, 3.05) is 0 Å². The Labute approximate surface area is 167 Å². The van der Waals surface area contributed by atoms with Crippen LogP contribution in [-0.4, -0.2) is 37.3 Å². The van der Waals surface area contributed by atoms with Gasteiger partial charge in [0, 0.05) is 11.6 Å². The molecule has 1 aliphatic rings. The number of carboxylic acids is 1. The molecule has 0 unspecified atom stereocenters. The van der Waals surface area contributed by atoms with Crippen molar-refractivity contribution < 1.29 is 19.1 Å². The summed E-state index contributed by atoms with van der Waals surface area (Å²) in [4.78, 5) is 29.6. The van der Waals surface area contributed by atoms with E-state index in [-0.39, 0.29) is 6.04 Å². The molecule has 152 valence electrons. The van der Waals surface area contributed by atoms with Gasteiger partial charge in [0.05, 0.1) is 22.8 Å². The molecule has 1 saturated carbocycles. The molecule has 0 bridgehead atoms. The van der Waals surface area contributed by atoms with E-state index in [0.717, 1.165) is 17.7 Å². The highest BCUT2D eigenvalue weighted by atomic mass is 16.4. The number of pyridine rings is 1. The van der Waals surface area contributed by atoms with Crippen LogP contribution in [0.5, 0.6) is 0 Å².